The second kappa shape index (κ2) is 5.30. The van der Waals surface area contributed by atoms with Crippen molar-refractivity contribution in [2.45, 2.75) is 31.9 Å². The first-order chi connectivity index (χ1) is 8.59. The van der Waals surface area contributed by atoms with Crippen molar-refractivity contribution in [3.8, 4) is 0 Å². The van der Waals surface area contributed by atoms with Crippen molar-refractivity contribution >= 4 is 11.4 Å². The zero-order chi connectivity index (χ0) is 13.1. The highest BCUT2D eigenvalue weighted by atomic mass is 19.1. The summed E-state index contributed by atoms with van der Waals surface area (Å²) in [6.45, 7) is 2.59. The molecule has 1 aromatic carbocycles. The first-order valence-corrected chi connectivity index (χ1v) is 5.90. The van der Waals surface area contributed by atoms with Gasteiger partial charge in [0.2, 0.25) is 5.82 Å². The molecule has 18 heavy (non-hydrogen) atoms. The van der Waals surface area contributed by atoms with E-state index in [1.807, 2.05) is 6.92 Å². The number of nitrogens with one attached hydrogen (secondary N) is 1. The molecule has 0 aromatic heterocycles. The zero-order valence-electron chi connectivity index (χ0n) is 10.1. The summed E-state index contributed by atoms with van der Waals surface area (Å²) in [5.74, 6) is -0.829. The minimum atomic E-state index is -0.829. The van der Waals surface area contributed by atoms with Crippen LogP contribution in [0.1, 0.15) is 19.8 Å². The maximum absolute atomic E-state index is 13.4. The van der Waals surface area contributed by atoms with Crippen LogP contribution in [0.15, 0.2) is 18.2 Å². The van der Waals surface area contributed by atoms with Crippen molar-refractivity contribution < 1.29 is 14.1 Å². The largest absolute Gasteiger partial charge is 0.376 e. The number of anilines is 1. The van der Waals surface area contributed by atoms with E-state index >= 15 is 0 Å². The Morgan fingerprint density at radius 2 is 2.39 bits per heavy atom. The van der Waals surface area contributed by atoms with Crippen LogP contribution < -0.4 is 5.32 Å². The molecule has 1 aliphatic rings. The van der Waals surface area contributed by atoms with E-state index in [2.05, 4.69) is 5.32 Å². The van der Waals surface area contributed by atoms with Gasteiger partial charge >= 0.3 is 5.69 Å². The van der Waals surface area contributed by atoms with Crippen molar-refractivity contribution in [2.24, 2.45) is 0 Å². The molecular weight excluding hydrogens is 239 g/mol. The number of hydrogen-bond donors (Lipinski definition) is 1. The molecule has 0 spiro atoms. The maximum atomic E-state index is 13.4. The maximum Gasteiger partial charge on any atom is 0.327 e. The molecule has 0 bridgehead atoms. The highest BCUT2D eigenvalue weighted by molar-refractivity contribution is 5.62. The van der Waals surface area contributed by atoms with Crippen molar-refractivity contribution in [1.29, 1.82) is 0 Å². The Labute approximate surface area is 104 Å². The molecule has 1 aromatic rings. The van der Waals surface area contributed by atoms with Crippen LogP contribution in [0.4, 0.5) is 15.8 Å². The summed E-state index contributed by atoms with van der Waals surface area (Å²) in [5, 5.41) is 13.8. The lowest BCUT2D eigenvalue weighted by molar-refractivity contribution is -0.386. The van der Waals surface area contributed by atoms with E-state index in [9.17, 15) is 14.5 Å². The van der Waals surface area contributed by atoms with Gasteiger partial charge in [-0.15, -0.1) is 0 Å². The number of para-hydroxylation sites is 1. The molecule has 98 valence electrons. The molecule has 1 fully saturated rings. The Balaban J connectivity index is 2.17. The number of ether oxygens (including phenoxy) is 1. The van der Waals surface area contributed by atoms with E-state index in [0.29, 0.717) is 6.61 Å². The third-order valence-corrected chi connectivity index (χ3v) is 3.08. The monoisotopic (exact) mass is 254 g/mol. The molecule has 0 saturated carbocycles. The smallest absolute Gasteiger partial charge is 0.327 e. The normalized spacial score (nSPS) is 20.7. The average Bonchev–Trinajstić information content (AvgIpc) is 2.81. The van der Waals surface area contributed by atoms with E-state index in [4.69, 9.17) is 4.74 Å². The third-order valence-electron chi connectivity index (χ3n) is 3.08. The van der Waals surface area contributed by atoms with Crippen molar-refractivity contribution in [3.05, 3.63) is 34.1 Å². The van der Waals surface area contributed by atoms with Crippen molar-refractivity contribution in [2.75, 3.05) is 11.9 Å². The Hall–Kier alpha value is -1.69. The van der Waals surface area contributed by atoms with Gasteiger partial charge in [0.1, 0.15) is 5.69 Å². The van der Waals surface area contributed by atoms with Gasteiger partial charge in [0.25, 0.3) is 0 Å². The highest BCUT2D eigenvalue weighted by Crippen LogP contribution is 2.29. The topological polar surface area (TPSA) is 64.4 Å². The zero-order valence-corrected chi connectivity index (χ0v) is 10.1. The lowest BCUT2D eigenvalue weighted by Crippen LogP contribution is -2.30. The van der Waals surface area contributed by atoms with Gasteiger partial charge in [0, 0.05) is 12.6 Å². The van der Waals surface area contributed by atoms with Crippen LogP contribution in [0.3, 0.4) is 0 Å². The molecule has 0 aliphatic carbocycles. The molecule has 0 amide bonds. The van der Waals surface area contributed by atoms with Gasteiger partial charge in [0.05, 0.1) is 11.0 Å². The van der Waals surface area contributed by atoms with E-state index < -0.39 is 16.4 Å². The van der Waals surface area contributed by atoms with Gasteiger partial charge in [-0.1, -0.05) is 6.07 Å². The molecular formula is C12H15FN2O3. The third kappa shape index (κ3) is 2.59. The fraction of sp³-hybridized carbons (Fsp3) is 0.500. The lowest BCUT2D eigenvalue weighted by atomic mass is 10.1. The Kier molecular flexibility index (Phi) is 3.76. The number of rotatable bonds is 4. The molecule has 1 N–H and O–H groups in total. The van der Waals surface area contributed by atoms with Gasteiger partial charge < -0.3 is 10.1 Å². The second-order valence-corrected chi connectivity index (χ2v) is 4.38. The van der Waals surface area contributed by atoms with Crippen LogP contribution in [-0.4, -0.2) is 23.7 Å². The number of benzene rings is 1. The summed E-state index contributed by atoms with van der Waals surface area (Å²) in [4.78, 5) is 10.1. The van der Waals surface area contributed by atoms with Gasteiger partial charge in [-0.2, -0.15) is 4.39 Å². The van der Waals surface area contributed by atoms with Crippen LogP contribution in [-0.2, 0) is 4.74 Å². The fourth-order valence-electron chi connectivity index (χ4n) is 2.15. The van der Waals surface area contributed by atoms with E-state index in [0.717, 1.165) is 18.9 Å². The van der Waals surface area contributed by atoms with E-state index in [1.165, 1.54) is 12.1 Å². The predicted octanol–water partition coefficient (Wildman–Crippen LogP) is 2.71. The molecule has 1 aliphatic heterocycles. The minimum Gasteiger partial charge on any atom is -0.376 e. The summed E-state index contributed by atoms with van der Waals surface area (Å²) in [6.07, 6.45) is 1.92. The number of nitro groups is 1. The van der Waals surface area contributed by atoms with Gasteiger partial charge in [-0.05, 0) is 31.9 Å². The average molecular weight is 254 g/mol. The molecule has 1 saturated heterocycles. The van der Waals surface area contributed by atoms with Crippen LogP contribution >= 0.6 is 0 Å². The Morgan fingerprint density at radius 3 is 3.00 bits per heavy atom. The molecule has 2 unspecified atom stereocenters. The van der Waals surface area contributed by atoms with Gasteiger partial charge in [0.15, 0.2) is 0 Å². The summed E-state index contributed by atoms with van der Waals surface area (Å²) in [7, 11) is 0. The lowest BCUT2D eigenvalue weighted by Gasteiger charge is -2.21. The Bertz CT molecular complexity index is 447. The SMILES string of the molecule is CC(Nc1cccc(F)c1[N+](=O)[O-])C1CCCO1. The summed E-state index contributed by atoms with van der Waals surface area (Å²) in [6, 6.07) is 3.95. The summed E-state index contributed by atoms with van der Waals surface area (Å²) in [5.41, 5.74) is -0.314. The van der Waals surface area contributed by atoms with Crippen LogP contribution in [0.25, 0.3) is 0 Å². The quantitative estimate of drug-likeness (QED) is 0.662. The Morgan fingerprint density at radius 1 is 1.61 bits per heavy atom. The highest BCUT2D eigenvalue weighted by Gasteiger charge is 2.26. The predicted molar refractivity (Wildman–Crippen MR) is 65.1 cm³/mol. The summed E-state index contributed by atoms with van der Waals surface area (Å²) >= 11 is 0. The number of hydrogen-bond acceptors (Lipinski definition) is 4. The molecule has 1 heterocycles. The van der Waals surface area contributed by atoms with Gasteiger partial charge in [-0.3, -0.25) is 10.1 Å². The summed E-state index contributed by atoms with van der Waals surface area (Å²) < 4.78 is 18.9. The van der Waals surface area contributed by atoms with Crippen molar-refractivity contribution in [1.82, 2.24) is 0 Å². The first kappa shape index (κ1) is 12.8. The second-order valence-electron chi connectivity index (χ2n) is 4.38. The fourth-order valence-corrected chi connectivity index (χ4v) is 2.15. The minimum absolute atomic E-state index is 0.0212. The molecule has 5 nitrogen and oxygen atoms in total. The molecule has 6 heteroatoms. The van der Waals surface area contributed by atoms with Crippen LogP contribution in [0.2, 0.25) is 0 Å². The van der Waals surface area contributed by atoms with Crippen LogP contribution in [0.5, 0.6) is 0 Å². The molecule has 2 atom stereocenters. The van der Waals surface area contributed by atoms with Gasteiger partial charge in [-0.25, -0.2) is 0 Å². The number of nitro benzene ring substituents is 1. The standard InChI is InChI=1S/C12H15FN2O3/c1-8(11-6-3-7-18-11)14-10-5-2-4-9(13)12(10)15(16)17/h2,4-5,8,11,14H,3,6-7H2,1H3. The number of nitrogens with zero attached hydrogens (tertiary/aromatic N) is 1. The van der Waals surface area contributed by atoms with Crippen molar-refractivity contribution in [3.63, 3.8) is 0 Å². The van der Waals surface area contributed by atoms with E-state index in [-0.39, 0.29) is 17.8 Å². The molecule has 2 rings (SSSR count). The first-order valence-electron chi connectivity index (χ1n) is 5.90. The molecule has 0 radical (unpaired) electrons. The number of halogens is 1. The van der Waals surface area contributed by atoms with Crippen LogP contribution in [0, 0.1) is 15.9 Å². The van der Waals surface area contributed by atoms with E-state index in [1.54, 1.807) is 0 Å².